The van der Waals surface area contributed by atoms with Gasteiger partial charge in [0.15, 0.2) is 11.5 Å². The highest BCUT2D eigenvalue weighted by molar-refractivity contribution is 5.49. The molecule has 134 valence electrons. The van der Waals surface area contributed by atoms with Crippen molar-refractivity contribution in [3.63, 3.8) is 0 Å². The van der Waals surface area contributed by atoms with Crippen molar-refractivity contribution in [1.82, 2.24) is 5.32 Å². The molecule has 2 atom stereocenters. The lowest BCUT2D eigenvalue weighted by Crippen LogP contribution is -2.43. The van der Waals surface area contributed by atoms with E-state index in [2.05, 4.69) is 5.32 Å². The molecule has 0 aromatic heterocycles. The van der Waals surface area contributed by atoms with Crippen LogP contribution >= 0.6 is 0 Å². The Morgan fingerprint density at radius 3 is 2.48 bits per heavy atom. The molecule has 1 aliphatic rings. The van der Waals surface area contributed by atoms with Crippen LogP contribution in [0, 0.1) is 0 Å². The molecule has 2 unspecified atom stereocenters. The quantitative estimate of drug-likeness (QED) is 0.809. The first-order chi connectivity index (χ1) is 12.2. The Morgan fingerprint density at radius 1 is 1.08 bits per heavy atom. The van der Waals surface area contributed by atoms with Gasteiger partial charge >= 0.3 is 0 Å². The van der Waals surface area contributed by atoms with Gasteiger partial charge < -0.3 is 24.6 Å². The maximum Gasteiger partial charge on any atom is 0.161 e. The molecule has 25 heavy (non-hydrogen) atoms. The van der Waals surface area contributed by atoms with E-state index in [9.17, 15) is 5.11 Å². The summed E-state index contributed by atoms with van der Waals surface area (Å²) in [7, 11) is 3.27. The van der Waals surface area contributed by atoms with E-state index in [1.54, 1.807) is 14.2 Å². The number of methoxy groups -OCH3 is 2. The Kier molecular flexibility index (Phi) is 5.91. The Morgan fingerprint density at radius 2 is 1.80 bits per heavy atom. The number of hydrogen-bond donors (Lipinski definition) is 2. The number of aliphatic hydroxyl groups excluding tert-OH is 1. The molecular weight excluding hydrogens is 318 g/mol. The molecule has 3 rings (SSSR count). The average molecular weight is 343 g/mol. The van der Waals surface area contributed by atoms with Crippen molar-refractivity contribution >= 4 is 0 Å². The Labute approximate surface area is 148 Å². The van der Waals surface area contributed by atoms with Gasteiger partial charge in [0.05, 0.1) is 40.1 Å². The van der Waals surface area contributed by atoms with Gasteiger partial charge in [-0.25, -0.2) is 0 Å². The van der Waals surface area contributed by atoms with Crippen LogP contribution in [0.3, 0.4) is 0 Å². The molecule has 5 nitrogen and oxygen atoms in total. The lowest BCUT2D eigenvalue weighted by Gasteiger charge is -2.33. The van der Waals surface area contributed by atoms with Crippen LogP contribution in [0.5, 0.6) is 11.5 Å². The minimum atomic E-state index is 0.00409. The molecule has 0 radical (unpaired) electrons. The van der Waals surface area contributed by atoms with Gasteiger partial charge in [0.25, 0.3) is 0 Å². The molecule has 0 bridgehead atoms. The Hall–Kier alpha value is -2.08. The second-order valence-corrected chi connectivity index (χ2v) is 6.21. The molecule has 2 aromatic rings. The lowest BCUT2D eigenvalue weighted by molar-refractivity contribution is 0.0871. The highest BCUT2D eigenvalue weighted by Crippen LogP contribution is 2.36. The predicted octanol–water partition coefficient (Wildman–Crippen LogP) is 2.47. The van der Waals surface area contributed by atoms with Crippen molar-refractivity contribution in [2.24, 2.45) is 0 Å². The van der Waals surface area contributed by atoms with Crippen LogP contribution in [0.1, 0.15) is 22.7 Å². The van der Waals surface area contributed by atoms with Crippen LogP contribution in [0.15, 0.2) is 42.5 Å². The van der Waals surface area contributed by atoms with Gasteiger partial charge in [0.2, 0.25) is 0 Å². The van der Waals surface area contributed by atoms with Gasteiger partial charge in [0.1, 0.15) is 0 Å². The zero-order valence-corrected chi connectivity index (χ0v) is 14.7. The van der Waals surface area contributed by atoms with Gasteiger partial charge in [-0.15, -0.1) is 0 Å². The van der Waals surface area contributed by atoms with Crippen LogP contribution < -0.4 is 14.8 Å². The number of aliphatic hydroxyl groups is 1. The van der Waals surface area contributed by atoms with E-state index in [4.69, 9.17) is 14.2 Å². The molecular formula is C20H25NO4. The summed E-state index contributed by atoms with van der Waals surface area (Å²) in [6.07, 6.45) is 0.751. The second-order valence-electron chi connectivity index (χ2n) is 6.21. The summed E-state index contributed by atoms with van der Waals surface area (Å²) in [6.45, 7) is 1.17. The zero-order chi connectivity index (χ0) is 17.6. The SMILES string of the molecule is COc1cc2c(cc1OC)C(COCc1ccccc1)NC(CO)C2. The van der Waals surface area contributed by atoms with Crippen molar-refractivity contribution in [2.45, 2.75) is 25.1 Å². The normalized spacial score (nSPS) is 19.3. The molecule has 0 amide bonds. The molecule has 1 heterocycles. The first-order valence-electron chi connectivity index (χ1n) is 8.48. The summed E-state index contributed by atoms with van der Waals surface area (Å²) in [5.41, 5.74) is 3.43. The smallest absolute Gasteiger partial charge is 0.161 e. The van der Waals surface area contributed by atoms with Crippen LogP contribution in [0.2, 0.25) is 0 Å². The summed E-state index contributed by atoms with van der Waals surface area (Å²) in [4.78, 5) is 0. The predicted molar refractivity (Wildman–Crippen MR) is 96.1 cm³/mol. The summed E-state index contributed by atoms with van der Waals surface area (Å²) in [6, 6.07) is 14.1. The number of nitrogens with one attached hydrogen (secondary N) is 1. The third-order valence-electron chi connectivity index (χ3n) is 4.54. The van der Waals surface area contributed by atoms with Crippen molar-refractivity contribution in [3.05, 3.63) is 59.2 Å². The zero-order valence-electron chi connectivity index (χ0n) is 14.7. The highest BCUT2D eigenvalue weighted by atomic mass is 16.5. The Bertz CT molecular complexity index is 690. The van der Waals surface area contributed by atoms with Crippen LogP contribution in [-0.4, -0.2) is 38.6 Å². The van der Waals surface area contributed by atoms with E-state index in [1.807, 2.05) is 42.5 Å². The number of benzene rings is 2. The summed E-state index contributed by atoms with van der Waals surface area (Å²) in [5, 5.41) is 13.1. The fourth-order valence-electron chi connectivity index (χ4n) is 3.26. The topological polar surface area (TPSA) is 60.0 Å². The largest absolute Gasteiger partial charge is 0.493 e. The van der Waals surface area contributed by atoms with Gasteiger partial charge in [-0.3, -0.25) is 0 Å². The van der Waals surface area contributed by atoms with Gasteiger partial charge in [-0.2, -0.15) is 0 Å². The second kappa shape index (κ2) is 8.34. The minimum Gasteiger partial charge on any atom is -0.493 e. The fourth-order valence-corrected chi connectivity index (χ4v) is 3.26. The monoisotopic (exact) mass is 343 g/mol. The van der Waals surface area contributed by atoms with E-state index < -0.39 is 0 Å². The van der Waals surface area contributed by atoms with E-state index in [1.165, 1.54) is 0 Å². The number of ether oxygens (including phenoxy) is 3. The maximum absolute atomic E-state index is 9.61. The summed E-state index contributed by atoms with van der Waals surface area (Å²) < 4.78 is 16.8. The van der Waals surface area contributed by atoms with Gasteiger partial charge in [-0.05, 0) is 35.2 Å². The summed E-state index contributed by atoms with van der Waals surface area (Å²) in [5.74, 6) is 1.42. The van der Waals surface area contributed by atoms with Crippen LogP contribution in [0.4, 0.5) is 0 Å². The molecule has 1 aliphatic heterocycles. The highest BCUT2D eigenvalue weighted by Gasteiger charge is 2.28. The minimum absolute atomic E-state index is 0.00409. The molecule has 2 N–H and O–H groups in total. The van der Waals surface area contributed by atoms with Crippen molar-refractivity contribution in [3.8, 4) is 11.5 Å². The van der Waals surface area contributed by atoms with E-state index in [0.29, 0.717) is 24.7 Å². The third kappa shape index (κ3) is 4.12. The number of hydrogen-bond acceptors (Lipinski definition) is 5. The summed E-state index contributed by atoms with van der Waals surface area (Å²) >= 11 is 0. The van der Waals surface area contributed by atoms with E-state index >= 15 is 0 Å². The van der Waals surface area contributed by atoms with Crippen molar-refractivity contribution < 1.29 is 19.3 Å². The van der Waals surface area contributed by atoms with Crippen molar-refractivity contribution in [2.75, 3.05) is 27.4 Å². The molecule has 5 heteroatoms. The van der Waals surface area contributed by atoms with Gasteiger partial charge in [-0.1, -0.05) is 30.3 Å². The standard InChI is InChI=1S/C20H25NO4/c1-23-19-9-15-8-16(11-22)21-18(17(15)10-20(19)24-2)13-25-12-14-6-4-3-5-7-14/h3-7,9-10,16,18,21-22H,8,11-13H2,1-2H3. The third-order valence-corrected chi connectivity index (χ3v) is 4.54. The molecule has 0 fully saturated rings. The first-order valence-corrected chi connectivity index (χ1v) is 8.48. The Balaban J connectivity index is 1.77. The number of rotatable bonds is 7. The van der Waals surface area contributed by atoms with E-state index in [0.717, 1.165) is 23.1 Å². The van der Waals surface area contributed by atoms with Crippen LogP contribution in [-0.2, 0) is 17.8 Å². The average Bonchev–Trinajstić information content (AvgIpc) is 2.67. The fraction of sp³-hybridized carbons (Fsp3) is 0.400. The maximum atomic E-state index is 9.61. The number of fused-ring (bicyclic) bond motifs is 1. The molecule has 0 aliphatic carbocycles. The van der Waals surface area contributed by atoms with Crippen LogP contribution in [0.25, 0.3) is 0 Å². The first kappa shape index (κ1) is 17.7. The lowest BCUT2D eigenvalue weighted by atomic mass is 9.90. The molecule has 0 spiro atoms. The molecule has 0 saturated heterocycles. The van der Waals surface area contributed by atoms with Crippen molar-refractivity contribution in [1.29, 1.82) is 0 Å². The van der Waals surface area contributed by atoms with E-state index in [-0.39, 0.29) is 18.7 Å². The molecule has 2 aromatic carbocycles. The van der Waals surface area contributed by atoms with Gasteiger partial charge in [0, 0.05) is 6.04 Å². The molecule has 0 saturated carbocycles.